The number of carbonyl (C=O) groups excluding carboxylic acids is 3. The number of hydrogen-bond donors (Lipinski definition) is 1. The summed E-state index contributed by atoms with van der Waals surface area (Å²) in [4.78, 5) is 37.4. The van der Waals surface area contributed by atoms with Gasteiger partial charge in [0, 0.05) is 7.05 Å². The van der Waals surface area contributed by atoms with Crippen LogP contribution in [0.4, 0.5) is 4.79 Å². The van der Waals surface area contributed by atoms with Gasteiger partial charge < -0.3 is 4.90 Å². The average Bonchev–Trinajstić information content (AvgIpc) is 2.71. The van der Waals surface area contributed by atoms with Gasteiger partial charge in [-0.05, 0) is 36.0 Å². The number of carbonyl (C=O) groups is 3. The van der Waals surface area contributed by atoms with Crippen molar-refractivity contribution in [2.45, 2.75) is 44.9 Å². The van der Waals surface area contributed by atoms with E-state index in [9.17, 15) is 22.8 Å². The van der Waals surface area contributed by atoms with Gasteiger partial charge in [0.15, 0.2) is 0 Å². The lowest BCUT2D eigenvalue weighted by Gasteiger charge is -2.22. The summed E-state index contributed by atoms with van der Waals surface area (Å²) in [6, 6.07) is 2.96. The van der Waals surface area contributed by atoms with Crippen molar-refractivity contribution in [3.8, 4) is 0 Å². The number of benzene rings is 1. The average molecular weight is 395 g/mol. The van der Waals surface area contributed by atoms with Crippen molar-refractivity contribution in [2.24, 2.45) is 0 Å². The molecule has 2 rings (SSSR count). The summed E-state index contributed by atoms with van der Waals surface area (Å²) in [7, 11) is -2.80. The quantitative estimate of drug-likeness (QED) is 0.774. The molecule has 1 fully saturated rings. The van der Waals surface area contributed by atoms with Gasteiger partial charge in [-0.1, -0.05) is 32.9 Å². The number of aryl methyl sites for hydroxylation is 2. The monoisotopic (exact) mass is 395 g/mol. The van der Waals surface area contributed by atoms with E-state index < -0.39 is 34.4 Å². The van der Waals surface area contributed by atoms with Crippen LogP contribution < -0.4 is 4.72 Å². The minimum Gasteiger partial charge on any atom is -0.306 e. The van der Waals surface area contributed by atoms with Crippen LogP contribution in [0.25, 0.3) is 0 Å². The predicted octanol–water partition coefficient (Wildman–Crippen LogP) is 1.30. The summed E-state index contributed by atoms with van der Waals surface area (Å²) in [6.07, 6.45) is 0. The van der Waals surface area contributed by atoms with Gasteiger partial charge in [-0.15, -0.1) is 0 Å². The van der Waals surface area contributed by atoms with E-state index in [1.165, 1.54) is 7.05 Å². The Bertz CT molecular complexity index is 892. The second-order valence-corrected chi connectivity index (χ2v) is 9.43. The third kappa shape index (κ3) is 4.29. The highest BCUT2D eigenvalue weighted by Crippen LogP contribution is 2.29. The third-order valence-corrected chi connectivity index (χ3v) is 6.11. The lowest BCUT2D eigenvalue weighted by molar-refractivity contribution is -0.124. The Kier molecular flexibility index (Phi) is 5.38. The lowest BCUT2D eigenvalue weighted by atomic mass is 9.85. The maximum Gasteiger partial charge on any atom is 0.327 e. The van der Waals surface area contributed by atoms with Gasteiger partial charge in [0.05, 0.1) is 4.90 Å². The number of likely N-dealkylation sites (N-methyl/N-ethyl adjacent to an activating group) is 1. The Morgan fingerprint density at radius 1 is 1.15 bits per heavy atom. The second kappa shape index (κ2) is 6.95. The van der Waals surface area contributed by atoms with Gasteiger partial charge in [0.25, 0.3) is 15.9 Å². The minimum absolute atomic E-state index is 0.0461. The van der Waals surface area contributed by atoms with E-state index in [1.54, 1.807) is 26.0 Å². The first-order valence-corrected chi connectivity index (χ1v) is 9.95. The SMILES string of the molecule is Cc1cc(C(C)(C)C)cc(C)c1S(=O)(=O)NC(=O)CN1CC(=O)N(C)C1=O. The smallest absolute Gasteiger partial charge is 0.306 e. The minimum atomic E-state index is -4.11. The molecule has 0 aliphatic carbocycles. The van der Waals surface area contributed by atoms with Gasteiger partial charge in [0.1, 0.15) is 13.1 Å². The van der Waals surface area contributed by atoms with Crippen molar-refractivity contribution in [3.05, 3.63) is 28.8 Å². The number of imide groups is 1. The molecule has 1 aromatic carbocycles. The standard InChI is InChI=1S/C18H25N3O5S/c1-11-7-13(18(3,4)5)8-12(2)16(11)27(25,26)19-14(22)9-21-10-15(23)20(6)17(21)24/h7-8H,9-10H2,1-6H3,(H,19,22). The number of amides is 4. The molecule has 1 aliphatic heterocycles. The van der Waals surface area contributed by atoms with E-state index >= 15 is 0 Å². The van der Waals surface area contributed by atoms with E-state index in [1.807, 2.05) is 25.5 Å². The van der Waals surface area contributed by atoms with E-state index in [4.69, 9.17) is 0 Å². The van der Waals surface area contributed by atoms with Crippen LogP contribution in [0.3, 0.4) is 0 Å². The highest BCUT2D eigenvalue weighted by Gasteiger charge is 2.35. The molecule has 8 nitrogen and oxygen atoms in total. The molecule has 27 heavy (non-hydrogen) atoms. The molecule has 148 valence electrons. The Balaban J connectivity index is 2.23. The van der Waals surface area contributed by atoms with Crippen molar-refractivity contribution in [1.82, 2.24) is 14.5 Å². The van der Waals surface area contributed by atoms with Gasteiger partial charge >= 0.3 is 6.03 Å². The molecule has 4 amide bonds. The van der Waals surface area contributed by atoms with Gasteiger partial charge in [-0.25, -0.2) is 17.9 Å². The summed E-state index contributed by atoms with van der Waals surface area (Å²) >= 11 is 0. The van der Waals surface area contributed by atoms with Crippen LogP contribution in [0.15, 0.2) is 17.0 Å². The van der Waals surface area contributed by atoms with E-state index in [-0.39, 0.29) is 16.9 Å². The zero-order chi connectivity index (χ0) is 20.7. The first kappa shape index (κ1) is 20.9. The molecule has 1 aliphatic rings. The third-order valence-electron chi connectivity index (χ3n) is 4.44. The molecule has 1 aromatic rings. The molecule has 0 bridgehead atoms. The summed E-state index contributed by atoms with van der Waals surface area (Å²) in [6.45, 7) is 8.69. The zero-order valence-corrected chi connectivity index (χ0v) is 17.2. The molecule has 9 heteroatoms. The molecule has 1 heterocycles. The molecular formula is C18H25N3O5S. The van der Waals surface area contributed by atoms with E-state index in [2.05, 4.69) is 0 Å². The van der Waals surface area contributed by atoms with E-state index in [0.29, 0.717) is 11.1 Å². The number of hydrogen-bond acceptors (Lipinski definition) is 5. The van der Waals surface area contributed by atoms with Crippen LogP contribution in [0.2, 0.25) is 0 Å². The maximum atomic E-state index is 12.7. The van der Waals surface area contributed by atoms with Crippen LogP contribution in [0, 0.1) is 13.8 Å². The summed E-state index contributed by atoms with van der Waals surface area (Å²) in [5.74, 6) is -1.31. The largest absolute Gasteiger partial charge is 0.327 e. The molecule has 1 N–H and O–H groups in total. The van der Waals surface area contributed by atoms with Crippen LogP contribution in [0.1, 0.15) is 37.5 Å². The molecule has 0 radical (unpaired) electrons. The zero-order valence-electron chi connectivity index (χ0n) is 16.4. The maximum absolute atomic E-state index is 12.7. The van der Waals surface area contributed by atoms with Crippen LogP contribution in [-0.2, 0) is 25.0 Å². The number of rotatable bonds is 4. The first-order valence-electron chi connectivity index (χ1n) is 8.47. The number of nitrogens with zero attached hydrogens (tertiary/aromatic N) is 2. The van der Waals surface area contributed by atoms with Crippen LogP contribution in [0.5, 0.6) is 0 Å². The van der Waals surface area contributed by atoms with Gasteiger partial charge in [-0.2, -0.15) is 0 Å². The lowest BCUT2D eigenvalue weighted by Crippen LogP contribution is -2.41. The summed E-state index contributed by atoms with van der Waals surface area (Å²) < 4.78 is 27.4. The van der Waals surface area contributed by atoms with Crippen LogP contribution in [-0.4, -0.2) is 56.2 Å². The molecule has 0 saturated carbocycles. The molecule has 0 aromatic heterocycles. The molecular weight excluding hydrogens is 370 g/mol. The highest BCUT2D eigenvalue weighted by atomic mass is 32.2. The molecule has 0 unspecified atom stereocenters. The Labute approximate surface area is 159 Å². The van der Waals surface area contributed by atoms with Crippen molar-refractivity contribution in [1.29, 1.82) is 0 Å². The number of nitrogens with one attached hydrogen (secondary N) is 1. The van der Waals surface area contributed by atoms with Crippen molar-refractivity contribution in [2.75, 3.05) is 20.1 Å². The molecule has 0 spiro atoms. The Morgan fingerprint density at radius 2 is 1.67 bits per heavy atom. The summed E-state index contributed by atoms with van der Waals surface area (Å²) in [5, 5.41) is 0. The van der Waals surface area contributed by atoms with E-state index in [0.717, 1.165) is 15.4 Å². The molecule has 0 atom stereocenters. The molecule has 1 saturated heterocycles. The topological polar surface area (TPSA) is 104 Å². The van der Waals surface area contributed by atoms with Crippen molar-refractivity contribution in [3.63, 3.8) is 0 Å². The second-order valence-electron chi connectivity index (χ2n) is 7.81. The van der Waals surface area contributed by atoms with Crippen molar-refractivity contribution < 1.29 is 22.8 Å². The Morgan fingerprint density at radius 3 is 2.07 bits per heavy atom. The number of sulfonamides is 1. The number of urea groups is 1. The first-order chi connectivity index (χ1) is 12.2. The van der Waals surface area contributed by atoms with Gasteiger partial charge in [0.2, 0.25) is 5.91 Å². The Hall–Kier alpha value is -2.42. The normalized spacial score (nSPS) is 15.5. The fourth-order valence-corrected chi connectivity index (χ4v) is 4.42. The van der Waals surface area contributed by atoms with Gasteiger partial charge in [-0.3, -0.25) is 14.5 Å². The van der Waals surface area contributed by atoms with Crippen LogP contribution >= 0.6 is 0 Å². The highest BCUT2D eigenvalue weighted by molar-refractivity contribution is 7.90. The fraction of sp³-hybridized carbons (Fsp3) is 0.500. The summed E-state index contributed by atoms with van der Waals surface area (Å²) in [5.41, 5.74) is 1.92. The fourth-order valence-electron chi connectivity index (χ4n) is 2.99. The van der Waals surface area contributed by atoms with Crippen molar-refractivity contribution >= 4 is 27.9 Å². The predicted molar refractivity (Wildman–Crippen MR) is 99.7 cm³/mol.